The summed E-state index contributed by atoms with van der Waals surface area (Å²) in [6.07, 6.45) is 3.20. The molecule has 138 valence electrons. The third-order valence-electron chi connectivity index (χ3n) is 5.29. The average molecular weight is 349 g/mol. The molecule has 8 heteroatoms. The molecule has 0 unspecified atom stereocenters. The first-order valence-corrected chi connectivity index (χ1v) is 9.04. The van der Waals surface area contributed by atoms with E-state index >= 15 is 0 Å². The van der Waals surface area contributed by atoms with Gasteiger partial charge in [0.1, 0.15) is 0 Å². The second-order valence-corrected chi connectivity index (χ2v) is 7.23. The largest absolute Gasteiger partial charge is 0.342 e. The number of carbonyl (C=O) groups is 2. The first-order chi connectivity index (χ1) is 11.9. The molecule has 0 aromatic carbocycles. The summed E-state index contributed by atoms with van der Waals surface area (Å²) < 4.78 is 5.05. The molecule has 2 fully saturated rings. The minimum Gasteiger partial charge on any atom is -0.342 e. The molecule has 25 heavy (non-hydrogen) atoms. The number of likely N-dealkylation sites (tertiary alicyclic amines) is 2. The van der Waals surface area contributed by atoms with Crippen molar-refractivity contribution in [3.8, 4) is 0 Å². The van der Waals surface area contributed by atoms with Crippen LogP contribution in [0.4, 0.5) is 0 Å². The smallest absolute Gasteiger partial charge is 0.227 e. The number of hydrogen-bond donors (Lipinski definition) is 1. The lowest BCUT2D eigenvalue weighted by molar-refractivity contribution is -0.138. The fourth-order valence-electron chi connectivity index (χ4n) is 3.78. The van der Waals surface area contributed by atoms with Gasteiger partial charge in [-0.1, -0.05) is 5.16 Å². The normalized spacial score (nSPS) is 25.7. The fourth-order valence-corrected chi connectivity index (χ4v) is 3.78. The van der Waals surface area contributed by atoms with E-state index in [1.54, 1.807) is 11.8 Å². The van der Waals surface area contributed by atoms with Crippen molar-refractivity contribution >= 4 is 11.8 Å². The summed E-state index contributed by atoms with van der Waals surface area (Å²) in [7, 11) is 0. The summed E-state index contributed by atoms with van der Waals surface area (Å²) in [5, 5.41) is 4.00. The number of aryl methyl sites for hydroxylation is 1. The van der Waals surface area contributed by atoms with E-state index in [0.29, 0.717) is 32.1 Å². The topological polar surface area (TPSA) is 106 Å². The molecule has 2 N–H and O–H groups in total. The van der Waals surface area contributed by atoms with Gasteiger partial charge in [-0.3, -0.25) is 9.59 Å². The van der Waals surface area contributed by atoms with Crippen molar-refractivity contribution in [2.45, 2.75) is 51.5 Å². The highest BCUT2D eigenvalue weighted by Crippen LogP contribution is 2.28. The zero-order chi connectivity index (χ0) is 18.0. The van der Waals surface area contributed by atoms with E-state index in [2.05, 4.69) is 10.1 Å². The van der Waals surface area contributed by atoms with Crippen molar-refractivity contribution in [1.82, 2.24) is 19.9 Å². The van der Waals surface area contributed by atoms with Gasteiger partial charge in [0.15, 0.2) is 5.82 Å². The predicted octanol–water partition coefficient (Wildman–Crippen LogP) is 0.670. The fraction of sp³-hybridized carbons (Fsp3) is 0.765. The van der Waals surface area contributed by atoms with E-state index in [0.717, 1.165) is 31.5 Å². The Hall–Kier alpha value is -1.96. The number of nitrogens with two attached hydrogens (primary N) is 1. The quantitative estimate of drug-likeness (QED) is 0.841. The number of carbonyl (C=O) groups excluding carboxylic acids is 2. The Kier molecular flexibility index (Phi) is 5.36. The number of piperidine rings is 1. The predicted molar refractivity (Wildman–Crippen MR) is 90.5 cm³/mol. The van der Waals surface area contributed by atoms with Gasteiger partial charge in [0.25, 0.3) is 0 Å². The van der Waals surface area contributed by atoms with Crippen LogP contribution in [0.5, 0.6) is 0 Å². The van der Waals surface area contributed by atoms with Crippen LogP contribution >= 0.6 is 0 Å². The van der Waals surface area contributed by atoms with E-state index in [-0.39, 0.29) is 29.7 Å². The Labute approximate surface area is 147 Å². The molecule has 0 spiro atoms. The summed E-state index contributed by atoms with van der Waals surface area (Å²) in [5.41, 5.74) is 6.05. The SMILES string of the molecule is CC(=O)N1C[C@@H](N)CC[C@@H](C(=O)N2CCC(c3noc(C)n3)CC2)C1. The highest BCUT2D eigenvalue weighted by molar-refractivity contribution is 5.80. The second kappa shape index (κ2) is 7.51. The highest BCUT2D eigenvalue weighted by Gasteiger charge is 2.33. The molecule has 2 aliphatic heterocycles. The van der Waals surface area contributed by atoms with Gasteiger partial charge in [-0.2, -0.15) is 4.98 Å². The van der Waals surface area contributed by atoms with Gasteiger partial charge < -0.3 is 20.1 Å². The van der Waals surface area contributed by atoms with Gasteiger partial charge in [-0.05, 0) is 25.7 Å². The molecule has 3 rings (SSSR count). The molecule has 3 heterocycles. The summed E-state index contributed by atoms with van der Waals surface area (Å²) >= 11 is 0. The molecule has 0 bridgehead atoms. The third kappa shape index (κ3) is 4.18. The Morgan fingerprint density at radius 2 is 1.84 bits per heavy atom. The lowest BCUT2D eigenvalue weighted by Crippen LogP contribution is -2.45. The zero-order valence-corrected chi connectivity index (χ0v) is 15.0. The van der Waals surface area contributed by atoms with E-state index in [1.165, 1.54) is 6.92 Å². The standard InChI is InChI=1S/C17H27N5O3/c1-11-19-16(20-25-11)13-5-7-21(8-6-13)17(24)14-3-4-15(18)10-22(9-14)12(2)23/h13-15H,3-10,18H2,1-2H3/t14-,15+/m1/s1. The maximum absolute atomic E-state index is 12.9. The van der Waals surface area contributed by atoms with E-state index in [4.69, 9.17) is 10.3 Å². The third-order valence-corrected chi connectivity index (χ3v) is 5.29. The van der Waals surface area contributed by atoms with Crippen LogP contribution in [-0.4, -0.2) is 64.0 Å². The van der Waals surface area contributed by atoms with Crippen molar-refractivity contribution in [3.05, 3.63) is 11.7 Å². The van der Waals surface area contributed by atoms with Crippen molar-refractivity contribution in [2.24, 2.45) is 11.7 Å². The monoisotopic (exact) mass is 349 g/mol. The Morgan fingerprint density at radius 1 is 1.12 bits per heavy atom. The molecule has 2 saturated heterocycles. The van der Waals surface area contributed by atoms with Crippen LogP contribution in [0, 0.1) is 12.8 Å². The minimum atomic E-state index is -0.151. The molecule has 1 aromatic rings. The van der Waals surface area contributed by atoms with Crippen LogP contribution < -0.4 is 5.73 Å². The van der Waals surface area contributed by atoms with E-state index in [1.807, 2.05) is 4.90 Å². The highest BCUT2D eigenvalue weighted by atomic mass is 16.5. The maximum Gasteiger partial charge on any atom is 0.227 e. The van der Waals surface area contributed by atoms with Gasteiger partial charge in [0.2, 0.25) is 17.7 Å². The lowest BCUT2D eigenvalue weighted by atomic mass is 9.94. The summed E-state index contributed by atoms with van der Waals surface area (Å²) in [4.78, 5) is 32.6. The van der Waals surface area contributed by atoms with Crippen LogP contribution in [0.3, 0.4) is 0 Å². The van der Waals surface area contributed by atoms with Crippen LogP contribution in [0.15, 0.2) is 4.52 Å². The Balaban J connectivity index is 1.58. The Bertz CT molecular complexity index is 624. The van der Waals surface area contributed by atoms with Gasteiger partial charge in [0.05, 0.1) is 5.92 Å². The number of hydrogen-bond acceptors (Lipinski definition) is 6. The van der Waals surface area contributed by atoms with Crippen LogP contribution in [0.1, 0.15) is 50.2 Å². The van der Waals surface area contributed by atoms with Crippen LogP contribution in [-0.2, 0) is 9.59 Å². The zero-order valence-electron chi connectivity index (χ0n) is 15.0. The molecule has 2 aliphatic rings. The van der Waals surface area contributed by atoms with Crippen LogP contribution in [0.2, 0.25) is 0 Å². The summed E-state index contributed by atoms with van der Waals surface area (Å²) in [6.45, 7) is 5.73. The number of nitrogens with zero attached hydrogens (tertiary/aromatic N) is 4. The number of amides is 2. The lowest BCUT2D eigenvalue weighted by Gasteiger charge is -2.34. The second-order valence-electron chi connectivity index (χ2n) is 7.23. The maximum atomic E-state index is 12.9. The molecule has 0 aliphatic carbocycles. The number of rotatable bonds is 2. The van der Waals surface area contributed by atoms with Gasteiger partial charge in [0, 0.05) is 52.0 Å². The van der Waals surface area contributed by atoms with Gasteiger partial charge in [-0.25, -0.2) is 0 Å². The van der Waals surface area contributed by atoms with Gasteiger partial charge >= 0.3 is 0 Å². The number of aromatic nitrogens is 2. The van der Waals surface area contributed by atoms with Gasteiger partial charge in [-0.15, -0.1) is 0 Å². The molecule has 2 atom stereocenters. The molecule has 1 aromatic heterocycles. The summed E-state index contributed by atoms with van der Waals surface area (Å²) in [5.74, 6) is 1.55. The first kappa shape index (κ1) is 17.8. The molecule has 0 saturated carbocycles. The summed E-state index contributed by atoms with van der Waals surface area (Å²) in [6, 6.07) is -0.0473. The van der Waals surface area contributed by atoms with Crippen molar-refractivity contribution in [1.29, 1.82) is 0 Å². The molecule has 8 nitrogen and oxygen atoms in total. The molecule has 2 amide bonds. The average Bonchev–Trinajstić information content (AvgIpc) is 2.92. The first-order valence-electron chi connectivity index (χ1n) is 9.04. The van der Waals surface area contributed by atoms with Crippen molar-refractivity contribution in [3.63, 3.8) is 0 Å². The van der Waals surface area contributed by atoms with Crippen molar-refractivity contribution in [2.75, 3.05) is 26.2 Å². The molecule has 0 radical (unpaired) electrons. The van der Waals surface area contributed by atoms with Crippen LogP contribution in [0.25, 0.3) is 0 Å². The Morgan fingerprint density at radius 3 is 2.44 bits per heavy atom. The van der Waals surface area contributed by atoms with Crippen molar-refractivity contribution < 1.29 is 14.1 Å². The van der Waals surface area contributed by atoms with E-state index < -0.39 is 0 Å². The van der Waals surface area contributed by atoms with E-state index in [9.17, 15) is 9.59 Å². The molecular formula is C17H27N5O3. The minimum absolute atomic E-state index is 0.0127. The molecular weight excluding hydrogens is 322 g/mol.